The SMILES string of the molecule is [2H][C@H](Br)[Sn]([CH2]CCC)([CH2]CCC)[CH2]CCC. The second kappa shape index (κ2) is 10.4. The molecule has 0 aliphatic heterocycles. The molecule has 92 valence electrons. The Morgan fingerprint density at radius 1 is 0.867 bits per heavy atom. The van der Waals surface area contributed by atoms with Crippen molar-refractivity contribution in [2.75, 3.05) is 3.32 Å². The van der Waals surface area contributed by atoms with Crippen LogP contribution in [0.3, 0.4) is 0 Å². The molecule has 0 unspecified atom stereocenters. The van der Waals surface area contributed by atoms with Gasteiger partial charge in [-0.15, -0.1) is 0 Å². The molecule has 0 amide bonds. The van der Waals surface area contributed by atoms with Gasteiger partial charge in [-0.05, 0) is 0 Å². The molecule has 0 radical (unpaired) electrons. The molecule has 0 aliphatic rings. The summed E-state index contributed by atoms with van der Waals surface area (Å²) in [6.45, 7) is 6.84. The van der Waals surface area contributed by atoms with Gasteiger partial charge in [-0.25, -0.2) is 0 Å². The monoisotopic (exact) mass is 385 g/mol. The van der Waals surface area contributed by atoms with Crippen molar-refractivity contribution in [2.24, 2.45) is 0 Å². The topological polar surface area (TPSA) is 0 Å². The van der Waals surface area contributed by atoms with E-state index in [-0.39, 0.29) is 3.32 Å². The van der Waals surface area contributed by atoms with E-state index in [2.05, 4.69) is 36.7 Å². The summed E-state index contributed by atoms with van der Waals surface area (Å²) < 4.78 is 12.7. The van der Waals surface area contributed by atoms with Crippen LogP contribution in [0, 0.1) is 0 Å². The molecule has 0 N–H and O–H groups in total. The van der Waals surface area contributed by atoms with E-state index in [0.717, 1.165) is 0 Å². The molecular weight excluding hydrogens is 355 g/mol. The number of unbranched alkanes of at least 4 members (excludes halogenated alkanes) is 3. The van der Waals surface area contributed by atoms with E-state index in [1.807, 2.05) is 0 Å². The zero-order chi connectivity index (χ0) is 12.4. The van der Waals surface area contributed by atoms with Gasteiger partial charge in [0.2, 0.25) is 0 Å². The van der Waals surface area contributed by atoms with Crippen LogP contribution < -0.4 is 0 Å². The van der Waals surface area contributed by atoms with E-state index < -0.39 is 18.4 Å². The maximum absolute atomic E-state index is 8.23. The Labute approximate surface area is 111 Å². The van der Waals surface area contributed by atoms with E-state index in [1.165, 1.54) is 51.8 Å². The molecular formula is C13H29BrSn. The van der Waals surface area contributed by atoms with Crippen LogP contribution >= 0.6 is 15.9 Å². The number of hydrogen-bond donors (Lipinski definition) is 0. The van der Waals surface area contributed by atoms with Crippen LogP contribution in [0.1, 0.15) is 60.7 Å². The first-order valence-corrected chi connectivity index (χ1v) is 15.3. The first kappa shape index (κ1) is 14.3. The fourth-order valence-corrected chi connectivity index (χ4v) is 18.9. The van der Waals surface area contributed by atoms with Crippen molar-refractivity contribution >= 4 is 34.3 Å². The predicted molar refractivity (Wildman–Crippen MR) is 78.7 cm³/mol. The summed E-state index contributed by atoms with van der Waals surface area (Å²) in [5.41, 5.74) is 0. The van der Waals surface area contributed by atoms with Gasteiger partial charge in [0.15, 0.2) is 0 Å². The molecule has 0 nitrogen and oxygen atoms in total. The van der Waals surface area contributed by atoms with Gasteiger partial charge in [-0.1, -0.05) is 0 Å². The Bertz CT molecular complexity index is 140. The standard InChI is InChI=1S/3C4H9.CH2Br.Sn/c3*1-3-4-2;1-2;/h3*1,3-4H2,2H3;1H2;/i;;;1D;. The average molecular weight is 385 g/mol. The van der Waals surface area contributed by atoms with Gasteiger partial charge in [-0.2, -0.15) is 0 Å². The van der Waals surface area contributed by atoms with Crippen LogP contribution in [0.4, 0.5) is 0 Å². The van der Waals surface area contributed by atoms with Gasteiger partial charge in [0.1, 0.15) is 0 Å². The first-order chi connectivity index (χ1) is 7.63. The fraction of sp³-hybridized carbons (Fsp3) is 1.00. The van der Waals surface area contributed by atoms with Crippen molar-refractivity contribution in [1.29, 1.82) is 0 Å². The van der Waals surface area contributed by atoms with E-state index in [1.54, 1.807) is 0 Å². The van der Waals surface area contributed by atoms with Gasteiger partial charge in [0.05, 0.1) is 0 Å². The summed E-state index contributed by atoms with van der Waals surface area (Å²) in [6, 6.07) is 0. The molecule has 15 heavy (non-hydrogen) atoms. The second-order valence-electron chi connectivity index (χ2n) is 4.78. The van der Waals surface area contributed by atoms with Crippen LogP contribution in [0.5, 0.6) is 0 Å². The molecule has 1 atom stereocenters. The summed E-state index contributed by atoms with van der Waals surface area (Å²) in [5.74, 6) is 0. The summed E-state index contributed by atoms with van der Waals surface area (Å²) in [4.78, 5) is 0. The summed E-state index contributed by atoms with van der Waals surface area (Å²) in [7, 11) is 0. The number of alkyl halides is 1. The molecule has 0 spiro atoms. The third-order valence-corrected chi connectivity index (χ3v) is 22.7. The van der Waals surface area contributed by atoms with Crippen LogP contribution in [-0.2, 0) is 0 Å². The zero-order valence-electron chi connectivity index (χ0n) is 11.8. The molecule has 0 aromatic rings. The molecule has 0 aromatic heterocycles. The van der Waals surface area contributed by atoms with Crippen molar-refractivity contribution in [3.05, 3.63) is 0 Å². The van der Waals surface area contributed by atoms with Gasteiger partial charge >= 0.3 is 112 Å². The molecule has 0 saturated carbocycles. The van der Waals surface area contributed by atoms with Gasteiger partial charge in [-0.3, -0.25) is 0 Å². The van der Waals surface area contributed by atoms with Crippen LogP contribution in [0.25, 0.3) is 0 Å². The Morgan fingerprint density at radius 3 is 1.40 bits per heavy atom. The van der Waals surface area contributed by atoms with Crippen LogP contribution in [0.15, 0.2) is 0 Å². The Morgan fingerprint density at radius 2 is 1.20 bits per heavy atom. The summed E-state index contributed by atoms with van der Waals surface area (Å²) in [5, 5.41) is 0. The van der Waals surface area contributed by atoms with E-state index in [9.17, 15) is 0 Å². The molecule has 0 rings (SSSR count). The van der Waals surface area contributed by atoms with Gasteiger partial charge < -0.3 is 0 Å². The van der Waals surface area contributed by atoms with Crippen molar-refractivity contribution in [3.8, 4) is 0 Å². The molecule has 0 bridgehead atoms. The molecule has 0 aliphatic carbocycles. The molecule has 0 heterocycles. The normalized spacial score (nSPS) is 15.1. The second-order valence-corrected chi connectivity index (χ2v) is 20.5. The van der Waals surface area contributed by atoms with E-state index >= 15 is 0 Å². The van der Waals surface area contributed by atoms with Crippen LogP contribution in [0.2, 0.25) is 13.3 Å². The molecule has 0 saturated heterocycles. The minimum atomic E-state index is -2.17. The molecule has 0 fully saturated rings. The van der Waals surface area contributed by atoms with Crippen molar-refractivity contribution in [3.63, 3.8) is 0 Å². The zero-order valence-corrected chi connectivity index (χ0v) is 15.3. The van der Waals surface area contributed by atoms with Crippen molar-refractivity contribution in [1.82, 2.24) is 0 Å². The maximum atomic E-state index is 8.23. The van der Waals surface area contributed by atoms with Gasteiger partial charge in [0, 0.05) is 0 Å². The fourth-order valence-electron chi connectivity index (χ4n) is 2.13. The number of halogens is 1. The summed E-state index contributed by atoms with van der Waals surface area (Å²) >= 11 is 1.48. The number of rotatable bonds is 10. The molecule has 2 heteroatoms. The van der Waals surface area contributed by atoms with Crippen molar-refractivity contribution in [2.45, 2.75) is 72.6 Å². The first-order valence-electron chi connectivity index (χ1n) is 7.27. The predicted octanol–water partition coefficient (Wildman–Crippen LogP) is 5.77. The average Bonchev–Trinajstić information content (AvgIpc) is 2.28. The Hall–Kier alpha value is 1.28. The van der Waals surface area contributed by atoms with Crippen LogP contribution in [-0.4, -0.2) is 21.7 Å². The third-order valence-electron chi connectivity index (χ3n) is 3.32. The number of hydrogen-bond acceptors (Lipinski definition) is 0. The summed E-state index contributed by atoms with van der Waals surface area (Å²) in [6.07, 6.45) is 8.00. The molecule has 0 aromatic carbocycles. The Kier molecular flexibility index (Phi) is 9.97. The van der Waals surface area contributed by atoms with E-state index in [4.69, 9.17) is 1.37 Å². The van der Waals surface area contributed by atoms with E-state index in [0.29, 0.717) is 0 Å². The third kappa shape index (κ3) is 7.25. The quantitative estimate of drug-likeness (QED) is 0.331. The Balaban J connectivity index is 4.46. The van der Waals surface area contributed by atoms with Gasteiger partial charge in [0.25, 0.3) is 0 Å². The van der Waals surface area contributed by atoms with Crippen molar-refractivity contribution < 1.29 is 1.37 Å². The minimum absolute atomic E-state index is 0.131.